The van der Waals surface area contributed by atoms with Crippen molar-refractivity contribution in [2.75, 3.05) is 0 Å². The summed E-state index contributed by atoms with van der Waals surface area (Å²) in [5.41, 5.74) is 5.88. The molecule has 0 aromatic carbocycles. The van der Waals surface area contributed by atoms with Crippen LogP contribution in [0.3, 0.4) is 0 Å². The number of rotatable bonds is 2. The lowest BCUT2D eigenvalue weighted by molar-refractivity contribution is 0.813. The molecule has 0 radical (unpaired) electrons. The lowest BCUT2D eigenvalue weighted by Gasteiger charge is -2.01. The Balaban J connectivity index is 2.56. The average Bonchev–Trinajstić information content (AvgIpc) is 2.20. The highest BCUT2D eigenvalue weighted by molar-refractivity contribution is 5.32. The third-order valence-corrected chi connectivity index (χ3v) is 2.52. The summed E-state index contributed by atoms with van der Waals surface area (Å²) in [6, 6.07) is 0. The Morgan fingerprint density at radius 3 is 3.07 bits per heavy atom. The molecule has 0 aromatic rings. The monoisotopic (exact) mass is 200 g/mol. The van der Waals surface area contributed by atoms with Crippen molar-refractivity contribution in [3.05, 3.63) is 29.0 Å². The van der Waals surface area contributed by atoms with Crippen LogP contribution in [0, 0.1) is 11.8 Å². The van der Waals surface area contributed by atoms with Gasteiger partial charge < -0.3 is 0 Å². The molecule has 0 nitrogen and oxygen atoms in total. The molecule has 80 valence electrons. The highest BCUT2D eigenvalue weighted by Gasteiger charge is 1.96. The zero-order valence-corrected chi connectivity index (χ0v) is 9.90. The molecule has 0 saturated heterocycles. The van der Waals surface area contributed by atoms with Gasteiger partial charge in [0, 0.05) is 12.0 Å². The molecular weight excluding hydrogens is 180 g/mol. The van der Waals surface area contributed by atoms with E-state index >= 15 is 0 Å². The van der Waals surface area contributed by atoms with Crippen LogP contribution in [0.4, 0.5) is 0 Å². The van der Waals surface area contributed by atoms with Crippen LogP contribution in [0.2, 0.25) is 0 Å². The fourth-order valence-electron chi connectivity index (χ4n) is 1.53. The van der Waals surface area contributed by atoms with Crippen LogP contribution in [0.25, 0.3) is 0 Å². The van der Waals surface area contributed by atoms with Gasteiger partial charge >= 0.3 is 0 Å². The second-order valence-corrected chi connectivity index (χ2v) is 4.04. The van der Waals surface area contributed by atoms with E-state index in [4.69, 9.17) is 0 Å². The smallest absolute Gasteiger partial charge is 0.00922 e. The fraction of sp³-hybridized carbons (Fsp3) is 0.533. The average molecular weight is 200 g/mol. The first-order valence-electron chi connectivity index (χ1n) is 5.93. The van der Waals surface area contributed by atoms with E-state index in [1.807, 2.05) is 6.08 Å². The SMILES string of the molecule is CCCCC#C/C1=C/C=C=C(C)CCC1. The van der Waals surface area contributed by atoms with E-state index in [2.05, 4.69) is 37.5 Å². The van der Waals surface area contributed by atoms with Crippen molar-refractivity contribution in [1.29, 1.82) is 0 Å². The lowest BCUT2D eigenvalue weighted by Crippen LogP contribution is -1.85. The predicted octanol–water partition coefficient (Wildman–Crippen LogP) is 4.39. The van der Waals surface area contributed by atoms with Gasteiger partial charge in [0.05, 0.1) is 0 Å². The molecule has 0 unspecified atom stereocenters. The molecule has 1 aliphatic carbocycles. The molecule has 0 amide bonds. The molecule has 0 heteroatoms. The normalized spacial score (nSPS) is 19.1. The second-order valence-electron chi connectivity index (χ2n) is 4.04. The standard InChI is InChI=1S/C15H20/c1-3-4-5-6-11-15-12-7-9-14(2)10-8-13-15/h7,12H,3-5,8,10,13H2,1-2H3/b15-12-. The van der Waals surface area contributed by atoms with Gasteiger partial charge in [0.15, 0.2) is 0 Å². The van der Waals surface area contributed by atoms with Crippen molar-refractivity contribution in [2.24, 2.45) is 0 Å². The molecule has 1 aliphatic rings. The summed E-state index contributed by atoms with van der Waals surface area (Å²) in [5.74, 6) is 6.51. The molecule has 0 fully saturated rings. The minimum absolute atomic E-state index is 1.03. The van der Waals surface area contributed by atoms with E-state index in [1.165, 1.54) is 30.4 Å². The van der Waals surface area contributed by atoms with Gasteiger partial charge in [0.1, 0.15) is 0 Å². The van der Waals surface area contributed by atoms with E-state index in [-0.39, 0.29) is 0 Å². The first-order valence-corrected chi connectivity index (χ1v) is 5.93. The Kier molecular flexibility index (Phi) is 5.67. The highest BCUT2D eigenvalue weighted by atomic mass is 14.0. The van der Waals surface area contributed by atoms with Crippen LogP contribution < -0.4 is 0 Å². The van der Waals surface area contributed by atoms with Gasteiger partial charge in [-0.05, 0) is 50.3 Å². The first-order chi connectivity index (χ1) is 7.33. The van der Waals surface area contributed by atoms with Gasteiger partial charge in [0.25, 0.3) is 0 Å². The van der Waals surface area contributed by atoms with Crippen LogP contribution in [0.15, 0.2) is 29.0 Å². The first kappa shape index (κ1) is 11.9. The molecule has 15 heavy (non-hydrogen) atoms. The number of hydrogen-bond acceptors (Lipinski definition) is 0. The lowest BCUT2D eigenvalue weighted by atomic mass is 10.0. The van der Waals surface area contributed by atoms with Crippen LogP contribution in [-0.4, -0.2) is 0 Å². The van der Waals surface area contributed by atoms with Crippen LogP contribution in [0.1, 0.15) is 52.4 Å². The summed E-state index contributed by atoms with van der Waals surface area (Å²) < 4.78 is 0. The minimum atomic E-state index is 1.03. The zero-order valence-electron chi connectivity index (χ0n) is 9.90. The third-order valence-electron chi connectivity index (χ3n) is 2.52. The molecule has 0 bridgehead atoms. The summed E-state index contributed by atoms with van der Waals surface area (Å²) >= 11 is 0. The van der Waals surface area contributed by atoms with E-state index in [1.54, 1.807) is 0 Å². The molecule has 0 saturated carbocycles. The summed E-state index contributed by atoms with van der Waals surface area (Å²) in [6.07, 6.45) is 11.1. The van der Waals surface area contributed by atoms with Crippen molar-refractivity contribution in [3.63, 3.8) is 0 Å². The van der Waals surface area contributed by atoms with Gasteiger partial charge in [0.2, 0.25) is 0 Å². The van der Waals surface area contributed by atoms with Gasteiger partial charge in [-0.1, -0.05) is 25.2 Å². The Labute approximate surface area is 93.8 Å². The van der Waals surface area contributed by atoms with Crippen LogP contribution >= 0.6 is 0 Å². The second kappa shape index (κ2) is 7.16. The van der Waals surface area contributed by atoms with Crippen LogP contribution in [-0.2, 0) is 0 Å². The van der Waals surface area contributed by atoms with Crippen LogP contribution in [0.5, 0.6) is 0 Å². The maximum Gasteiger partial charge on any atom is 0.00922 e. The Morgan fingerprint density at radius 1 is 1.40 bits per heavy atom. The Bertz CT molecular complexity index is 338. The van der Waals surface area contributed by atoms with Gasteiger partial charge in [-0.2, -0.15) is 0 Å². The fourth-order valence-corrected chi connectivity index (χ4v) is 1.53. The van der Waals surface area contributed by atoms with Gasteiger partial charge in [-0.3, -0.25) is 0 Å². The molecule has 0 heterocycles. The Hall–Kier alpha value is -1.18. The van der Waals surface area contributed by atoms with E-state index in [9.17, 15) is 0 Å². The van der Waals surface area contributed by atoms with Crippen molar-refractivity contribution >= 4 is 0 Å². The van der Waals surface area contributed by atoms with E-state index < -0.39 is 0 Å². The molecule has 0 spiro atoms. The predicted molar refractivity (Wildman–Crippen MR) is 66.5 cm³/mol. The summed E-state index contributed by atoms with van der Waals surface area (Å²) in [5, 5.41) is 0. The topological polar surface area (TPSA) is 0 Å². The summed E-state index contributed by atoms with van der Waals surface area (Å²) in [7, 11) is 0. The molecule has 0 N–H and O–H groups in total. The highest BCUT2D eigenvalue weighted by Crippen LogP contribution is 2.13. The van der Waals surface area contributed by atoms with E-state index in [0.717, 1.165) is 19.3 Å². The summed E-state index contributed by atoms with van der Waals surface area (Å²) in [4.78, 5) is 0. The van der Waals surface area contributed by atoms with Crippen molar-refractivity contribution in [2.45, 2.75) is 52.4 Å². The minimum Gasteiger partial charge on any atom is -0.122 e. The maximum absolute atomic E-state index is 3.27. The van der Waals surface area contributed by atoms with E-state index in [0.29, 0.717) is 0 Å². The number of unbranched alkanes of at least 4 members (excludes halogenated alkanes) is 2. The van der Waals surface area contributed by atoms with Crippen molar-refractivity contribution in [3.8, 4) is 11.8 Å². The summed E-state index contributed by atoms with van der Waals surface area (Å²) in [6.45, 7) is 4.34. The van der Waals surface area contributed by atoms with Crippen molar-refractivity contribution in [1.82, 2.24) is 0 Å². The molecule has 1 rings (SSSR count). The number of hydrogen-bond donors (Lipinski definition) is 0. The molecule has 0 atom stereocenters. The molecular formula is C15H20. The Morgan fingerprint density at radius 2 is 2.27 bits per heavy atom. The largest absolute Gasteiger partial charge is 0.122 e. The quantitative estimate of drug-likeness (QED) is 0.352. The van der Waals surface area contributed by atoms with Gasteiger partial charge in [-0.25, -0.2) is 0 Å². The number of allylic oxidation sites excluding steroid dienone is 3. The molecule has 0 aliphatic heterocycles. The zero-order chi connectivity index (χ0) is 10.9. The van der Waals surface area contributed by atoms with Gasteiger partial charge in [-0.15, -0.1) is 5.73 Å². The van der Waals surface area contributed by atoms with Crippen molar-refractivity contribution < 1.29 is 0 Å². The molecule has 0 aromatic heterocycles. The maximum atomic E-state index is 3.27. The third kappa shape index (κ3) is 5.31.